The van der Waals surface area contributed by atoms with E-state index >= 15 is 0 Å². The Bertz CT molecular complexity index is 879. The summed E-state index contributed by atoms with van der Waals surface area (Å²) >= 11 is 1.57. The second-order valence-electron chi connectivity index (χ2n) is 7.71. The molecule has 1 atom stereocenters. The predicted molar refractivity (Wildman–Crippen MR) is 114 cm³/mol. The summed E-state index contributed by atoms with van der Waals surface area (Å²) in [6.07, 6.45) is 3.90. The fourth-order valence-electron chi connectivity index (χ4n) is 4.14. The quantitative estimate of drug-likeness (QED) is 0.728. The molecule has 0 bridgehead atoms. The molecule has 0 N–H and O–H groups in total. The molecule has 4 rings (SSSR count). The Hall–Kier alpha value is -2.74. The van der Waals surface area contributed by atoms with Crippen LogP contribution in [0.3, 0.4) is 0 Å². The summed E-state index contributed by atoms with van der Waals surface area (Å²) in [5.41, 5.74) is 0.756. The van der Waals surface area contributed by atoms with Crippen LogP contribution in [-0.2, 0) is 27.2 Å². The SMILES string of the molecule is O=C(Cc1ccccn1)N1CCN(C(=O)C2CCCN2C(=O)Cc2cccs2)CC1. The van der Waals surface area contributed by atoms with Crippen LogP contribution < -0.4 is 0 Å². The molecule has 7 nitrogen and oxygen atoms in total. The highest BCUT2D eigenvalue weighted by atomic mass is 32.1. The van der Waals surface area contributed by atoms with Gasteiger partial charge in [0, 0.05) is 49.5 Å². The molecule has 1 unspecified atom stereocenters. The summed E-state index contributed by atoms with van der Waals surface area (Å²) in [5, 5.41) is 1.96. The molecule has 2 fully saturated rings. The summed E-state index contributed by atoms with van der Waals surface area (Å²) in [6.45, 7) is 2.70. The van der Waals surface area contributed by atoms with Crippen LogP contribution in [0.15, 0.2) is 41.9 Å². The normalized spacial score (nSPS) is 19.2. The van der Waals surface area contributed by atoms with Gasteiger partial charge in [-0.1, -0.05) is 12.1 Å². The van der Waals surface area contributed by atoms with Gasteiger partial charge in [-0.25, -0.2) is 0 Å². The number of likely N-dealkylation sites (tertiary alicyclic amines) is 1. The monoisotopic (exact) mass is 426 g/mol. The average Bonchev–Trinajstić information content (AvgIpc) is 3.46. The van der Waals surface area contributed by atoms with Crippen molar-refractivity contribution in [3.8, 4) is 0 Å². The van der Waals surface area contributed by atoms with Crippen LogP contribution >= 0.6 is 11.3 Å². The predicted octanol–water partition coefficient (Wildman–Crippen LogP) is 1.59. The maximum absolute atomic E-state index is 13.1. The lowest BCUT2D eigenvalue weighted by molar-refractivity contribution is -0.146. The Balaban J connectivity index is 1.30. The van der Waals surface area contributed by atoms with E-state index in [4.69, 9.17) is 0 Å². The first-order valence-corrected chi connectivity index (χ1v) is 11.3. The highest BCUT2D eigenvalue weighted by molar-refractivity contribution is 7.10. The van der Waals surface area contributed by atoms with Gasteiger partial charge in [0.2, 0.25) is 17.7 Å². The van der Waals surface area contributed by atoms with Gasteiger partial charge >= 0.3 is 0 Å². The zero-order chi connectivity index (χ0) is 20.9. The van der Waals surface area contributed by atoms with Gasteiger partial charge in [-0.2, -0.15) is 0 Å². The van der Waals surface area contributed by atoms with Gasteiger partial charge in [0.05, 0.1) is 12.8 Å². The van der Waals surface area contributed by atoms with Crippen LogP contribution in [0.1, 0.15) is 23.4 Å². The Labute approximate surface area is 180 Å². The summed E-state index contributed by atoms with van der Waals surface area (Å²) < 4.78 is 0. The number of hydrogen-bond donors (Lipinski definition) is 0. The number of carbonyl (C=O) groups excluding carboxylic acids is 3. The molecule has 4 heterocycles. The summed E-state index contributed by atoms with van der Waals surface area (Å²) in [4.78, 5) is 49.0. The maximum Gasteiger partial charge on any atom is 0.245 e. The largest absolute Gasteiger partial charge is 0.339 e. The van der Waals surface area contributed by atoms with Crippen molar-refractivity contribution in [3.05, 3.63) is 52.5 Å². The van der Waals surface area contributed by atoms with Crippen molar-refractivity contribution in [1.82, 2.24) is 19.7 Å². The summed E-state index contributed by atoms with van der Waals surface area (Å²) in [7, 11) is 0. The third-order valence-corrected chi connectivity index (χ3v) is 6.64. The molecule has 2 aliphatic rings. The van der Waals surface area contributed by atoms with Gasteiger partial charge in [-0.3, -0.25) is 19.4 Å². The second-order valence-corrected chi connectivity index (χ2v) is 8.74. The molecule has 2 aliphatic heterocycles. The number of carbonyl (C=O) groups is 3. The first kappa shape index (κ1) is 20.5. The molecule has 158 valence electrons. The molecule has 2 aromatic heterocycles. The van der Waals surface area contributed by atoms with Crippen molar-refractivity contribution in [2.75, 3.05) is 32.7 Å². The molecule has 0 radical (unpaired) electrons. The first-order valence-electron chi connectivity index (χ1n) is 10.4. The molecule has 3 amide bonds. The number of nitrogens with zero attached hydrogens (tertiary/aromatic N) is 4. The van der Waals surface area contributed by atoms with Crippen molar-refractivity contribution >= 4 is 29.1 Å². The zero-order valence-corrected chi connectivity index (χ0v) is 17.7. The molecule has 0 aromatic carbocycles. The van der Waals surface area contributed by atoms with Crippen LogP contribution in [0.4, 0.5) is 0 Å². The third kappa shape index (κ3) is 4.70. The van der Waals surface area contributed by atoms with Gasteiger partial charge in [0.1, 0.15) is 6.04 Å². The van der Waals surface area contributed by atoms with Crippen LogP contribution in [0, 0.1) is 0 Å². The molecule has 0 aliphatic carbocycles. The van der Waals surface area contributed by atoms with E-state index in [-0.39, 0.29) is 30.2 Å². The van der Waals surface area contributed by atoms with E-state index in [1.807, 2.05) is 40.6 Å². The van der Waals surface area contributed by atoms with E-state index in [2.05, 4.69) is 4.98 Å². The average molecular weight is 427 g/mol. The van der Waals surface area contributed by atoms with Crippen molar-refractivity contribution in [1.29, 1.82) is 0 Å². The number of aromatic nitrogens is 1. The van der Waals surface area contributed by atoms with Gasteiger partial charge in [0.15, 0.2) is 0 Å². The number of pyridine rings is 1. The van der Waals surface area contributed by atoms with E-state index in [1.165, 1.54) is 0 Å². The van der Waals surface area contributed by atoms with E-state index in [0.717, 1.165) is 17.0 Å². The number of piperazine rings is 1. The van der Waals surface area contributed by atoms with Gasteiger partial charge in [0.25, 0.3) is 0 Å². The minimum Gasteiger partial charge on any atom is -0.339 e. The number of rotatable bonds is 5. The molecule has 0 saturated carbocycles. The fourth-order valence-corrected chi connectivity index (χ4v) is 4.84. The minimum atomic E-state index is -0.367. The van der Waals surface area contributed by atoms with Crippen LogP contribution in [-0.4, -0.2) is 76.2 Å². The molecule has 0 spiro atoms. The fraction of sp³-hybridized carbons (Fsp3) is 0.455. The molecule has 30 heavy (non-hydrogen) atoms. The van der Waals surface area contributed by atoms with Gasteiger partial charge in [-0.05, 0) is 36.4 Å². The van der Waals surface area contributed by atoms with E-state index in [1.54, 1.807) is 27.3 Å². The lowest BCUT2D eigenvalue weighted by atomic mass is 10.1. The first-order chi connectivity index (χ1) is 14.6. The van der Waals surface area contributed by atoms with Gasteiger partial charge in [-0.15, -0.1) is 11.3 Å². The Kier molecular flexibility index (Phi) is 6.42. The highest BCUT2D eigenvalue weighted by Crippen LogP contribution is 2.22. The van der Waals surface area contributed by atoms with Crippen LogP contribution in [0.2, 0.25) is 0 Å². The summed E-state index contributed by atoms with van der Waals surface area (Å²) in [5.74, 6) is 0.0794. The molecule has 2 aromatic rings. The Morgan fingerprint density at radius 2 is 1.73 bits per heavy atom. The molecule has 2 saturated heterocycles. The van der Waals surface area contributed by atoms with E-state index < -0.39 is 0 Å². The maximum atomic E-state index is 13.1. The van der Waals surface area contributed by atoms with Crippen molar-refractivity contribution in [2.24, 2.45) is 0 Å². The third-order valence-electron chi connectivity index (χ3n) is 5.77. The minimum absolute atomic E-state index is 0.0175. The molecular formula is C22H26N4O3S. The standard InChI is InChI=1S/C22H26N4O3S/c27-20(15-17-5-1-2-8-23-17)24-10-12-25(13-11-24)22(29)19-7-3-9-26(19)21(28)16-18-6-4-14-30-18/h1-2,4-6,8,14,19H,3,7,9-13,15-16H2. The van der Waals surface area contributed by atoms with Crippen LogP contribution in [0.5, 0.6) is 0 Å². The lowest BCUT2D eigenvalue weighted by Crippen LogP contribution is -2.55. The van der Waals surface area contributed by atoms with E-state index in [9.17, 15) is 14.4 Å². The smallest absolute Gasteiger partial charge is 0.245 e. The van der Waals surface area contributed by atoms with Crippen molar-refractivity contribution < 1.29 is 14.4 Å². The van der Waals surface area contributed by atoms with E-state index in [0.29, 0.717) is 45.6 Å². The summed E-state index contributed by atoms with van der Waals surface area (Å²) in [6, 6.07) is 9.08. The van der Waals surface area contributed by atoms with Gasteiger partial charge < -0.3 is 14.7 Å². The number of amides is 3. The van der Waals surface area contributed by atoms with Crippen molar-refractivity contribution in [2.45, 2.75) is 31.7 Å². The van der Waals surface area contributed by atoms with Crippen molar-refractivity contribution in [3.63, 3.8) is 0 Å². The topological polar surface area (TPSA) is 73.8 Å². The lowest BCUT2D eigenvalue weighted by Gasteiger charge is -2.37. The highest BCUT2D eigenvalue weighted by Gasteiger charge is 2.37. The number of hydrogen-bond acceptors (Lipinski definition) is 5. The second kappa shape index (κ2) is 9.38. The Morgan fingerprint density at radius 1 is 0.933 bits per heavy atom. The number of thiophene rings is 1. The zero-order valence-electron chi connectivity index (χ0n) is 16.9. The Morgan fingerprint density at radius 3 is 2.43 bits per heavy atom. The molecular weight excluding hydrogens is 400 g/mol. The van der Waals surface area contributed by atoms with Crippen LogP contribution in [0.25, 0.3) is 0 Å². The molecule has 8 heteroatoms.